The first-order valence-corrected chi connectivity index (χ1v) is 35.0. The summed E-state index contributed by atoms with van der Waals surface area (Å²) in [5, 5.41) is 54.1. The average Bonchev–Trinajstić information content (AvgIpc) is 1.48. The molecule has 12 rings (SSSR count). The summed E-state index contributed by atoms with van der Waals surface area (Å²) in [6, 6.07) is 57.0. The fourth-order valence-corrected chi connectivity index (χ4v) is 11.4. The largest absolute Gasteiger partial charge is 0.508 e. The van der Waals surface area contributed by atoms with Gasteiger partial charge in [0.2, 0.25) is 0 Å². The van der Waals surface area contributed by atoms with Gasteiger partial charge in [-0.2, -0.15) is 21.0 Å². The maximum absolute atomic E-state index is 15.3. The molecule has 1 aliphatic rings. The molecule has 0 saturated carbocycles. The minimum absolute atomic E-state index is 0.0667. The molecule has 2 N–H and O–H groups in total. The summed E-state index contributed by atoms with van der Waals surface area (Å²) in [5.74, 6) is -2.65. The molecule has 0 aliphatic carbocycles. The Morgan fingerprint density at radius 1 is 0.422 bits per heavy atom. The first kappa shape index (κ1) is 87.2. The van der Waals surface area contributed by atoms with Gasteiger partial charge >= 0.3 is 24.1 Å². The lowest BCUT2D eigenvalue weighted by Gasteiger charge is -2.30. The van der Waals surface area contributed by atoms with Crippen LogP contribution < -0.4 is 18.9 Å². The van der Waals surface area contributed by atoms with E-state index in [9.17, 15) is 28.0 Å². The minimum atomic E-state index is -1.11. The number of carbonyl (C=O) groups excluding carboxylic acids is 3. The van der Waals surface area contributed by atoms with Crippen molar-refractivity contribution in [1.82, 2.24) is 15.0 Å². The van der Waals surface area contributed by atoms with Crippen molar-refractivity contribution in [1.29, 1.82) is 21.0 Å². The number of esters is 2. The van der Waals surface area contributed by atoms with Gasteiger partial charge < -0.3 is 57.6 Å². The van der Waals surface area contributed by atoms with E-state index in [4.69, 9.17) is 64.4 Å². The lowest BCUT2D eigenvalue weighted by atomic mass is 9.90. The van der Waals surface area contributed by atoms with E-state index in [1.54, 1.807) is 170 Å². The number of aromatic nitrogens is 3. The number of hydrogen-bond acceptors (Lipinski definition) is 22. The third-order valence-corrected chi connectivity index (χ3v) is 18.2. The molecule has 0 unspecified atom stereocenters. The molecule has 23 nitrogen and oxygen atoms in total. The molecular weight excluding hydrogens is 1500 g/mol. The van der Waals surface area contributed by atoms with E-state index in [1.807, 2.05) is 45.9 Å². The molecule has 11 aromatic rings. The SMILES string of the molecule is COC(=O)OCc1ccc(OC)c(-c2cccc(C#N)c2)c1F.COC(=O)c1ccc(C2OC(C)(C)C(C)(C)O2)cn1.COC(=O)c1ccc(Cc2ccc(OC)c(-c3cccc(C#N)c3)c2F)cn1.COc1ccc(CO)c(F)c1-c1cccc(C#N)c1.COc1ccc(Cc2ccc(C(=O)O)nc2)c(F)c1-c1cccc(C#N)c1. The number of methoxy groups -OCH3 is 7. The molecule has 3 aromatic heterocycles. The van der Waals surface area contributed by atoms with Crippen LogP contribution in [0, 0.1) is 68.6 Å². The number of aromatic carboxylic acids is 1. The van der Waals surface area contributed by atoms with Crippen LogP contribution >= 0.6 is 0 Å². The smallest absolute Gasteiger partial charge is 0.496 e. The van der Waals surface area contributed by atoms with Crippen molar-refractivity contribution in [2.45, 2.75) is 71.2 Å². The van der Waals surface area contributed by atoms with Crippen molar-refractivity contribution in [2.24, 2.45) is 0 Å². The second-order valence-corrected chi connectivity index (χ2v) is 25.9. The van der Waals surface area contributed by atoms with Gasteiger partial charge in [-0.05, 0) is 175 Å². The van der Waals surface area contributed by atoms with Crippen LogP contribution in [-0.2, 0) is 54.5 Å². The molecule has 0 atom stereocenters. The van der Waals surface area contributed by atoms with E-state index >= 15 is 8.78 Å². The molecule has 0 amide bonds. The highest BCUT2D eigenvalue weighted by molar-refractivity contribution is 5.88. The maximum Gasteiger partial charge on any atom is 0.508 e. The molecule has 0 spiro atoms. The van der Waals surface area contributed by atoms with Crippen molar-refractivity contribution in [3.8, 4) is 91.8 Å². The van der Waals surface area contributed by atoms with Gasteiger partial charge in [0.1, 0.15) is 70.0 Å². The van der Waals surface area contributed by atoms with Gasteiger partial charge in [0.15, 0.2) is 6.29 Å². The van der Waals surface area contributed by atoms with Gasteiger partial charge in [-0.25, -0.2) is 51.7 Å². The third kappa shape index (κ3) is 21.6. The highest BCUT2D eigenvalue weighted by Gasteiger charge is 2.49. The summed E-state index contributed by atoms with van der Waals surface area (Å²) in [4.78, 5) is 56.7. The standard InChI is InChI=1S/C22H17FN2O3.C21H15FN2O3.C17H14FNO4.C15H12FNO2.C14H19NO4/c1-27-19-9-7-17(11-15-6-8-18(25-13-15)22(26)28-2)21(23)20(19)16-5-3-4-14(10-16)12-24;1-27-18-8-6-16(10-14-5-7-17(21(25)26)24-12-14)20(22)19(18)15-4-2-3-13(9-15)11-23;1-21-14-7-6-13(10-23-17(20)22-2)16(18)15(14)12-5-3-4-11(8-12)9-19;1-19-13-6-5-12(9-18)15(16)14(13)11-4-2-3-10(7-11)8-17;1-13(2)14(3,4)19-12(18-13)9-6-7-10(15-8-9)11(16)17-5/h3-10,13H,11H2,1-2H3;2-9,12H,10H2,1H3,(H,25,26);3-8H,10H2,1-2H3;2-7,18H,9H2,1H3;6-8,12H,1-5H3. The Balaban J connectivity index is 0.000000183. The van der Waals surface area contributed by atoms with E-state index in [0.717, 1.165) is 11.1 Å². The monoisotopic (exact) mass is 1580 g/mol. The number of halogens is 4. The summed E-state index contributed by atoms with van der Waals surface area (Å²) in [6.07, 6.45) is 3.68. The van der Waals surface area contributed by atoms with Gasteiger partial charge in [-0.3, -0.25) is 0 Å². The van der Waals surface area contributed by atoms with Crippen LogP contribution in [0.25, 0.3) is 44.5 Å². The number of benzene rings is 8. The average molecular weight is 1580 g/mol. The highest BCUT2D eigenvalue weighted by atomic mass is 19.1. The molecule has 1 aliphatic heterocycles. The van der Waals surface area contributed by atoms with Gasteiger partial charge in [0, 0.05) is 48.1 Å². The zero-order valence-electron chi connectivity index (χ0n) is 64.7. The summed E-state index contributed by atoms with van der Waals surface area (Å²) in [7, 11) is 9.59. The first-order chi connectivity index (χ1) is 55.7. The second-order valence-electron chi connectivity index (χ2n) is 25.9. The van der Waals surface area contributed by atoms with E-state index in [0.29, 0.717) is 89.8 Å². The van der Waals surface area contributed by atoms with Crippen LogP contribution in [0.15, 0.2) is 201 Å². The second kappa shape index (κ2) is 40.7. The van der Waals surface area contributed by atoms with Crippen molar-refractivity contribution in [3.63, 3.8) is 0 Å². The van der Waals surface area contributed by atoms with Crippen molar-refractivity contribution in [3.05, 3.63) is 302 Å². The quantitative estimate of drug-likeness (QED) is 0.0431. The van der Waals surface area contributed by atoms with Crippen molar-refractivity contribution in [2.75, 3.05) is 49.8 Å². The van der Waals surface area contributed by atoms with Crippen molar-refractivity contribution < 1.29 is 94.3 Å². The molecule has 592 valence electrons. The van der Waals surface area contributed by atoms with Gasteiger partial charge in [-0.15, -0.1) is 0 Å². The van der Waals surface area contributed by atoms with Gasteiger partial charge in [0.25, 0.3) is 0 Å². The Hall–Kier alpha value is -14.4. The molecule has 1 saturated heterocycles. The molecule has 4 heterocycles. The van der Waals surface area contributed by atoms with Crippen LogP contribution in [0.1, 0.15) is 127 Å². The Bertz CT molecular complexity index is 5530. The number of nitrogens with zero attached hydrogens (tertiary/aromatic N) is 7. The van der Waals surface area contributed by atoms with Crippen LogP contribution in [0.2, 0.25) is 0 Å². The number of aliphatic hydroxyl groups excluding tert-OH is 1. The Labute approximate surface area is 666 Å². The number of carboxylic acid groups (broad SMARTS) is 1. The zero-order valence-corrected chi connectivity index (χ0v) is 64.7. The van der Waals surface area contributed by atoms with E-state index in [2.05, 4.69) is 35.2 Å². The van der Waals surface area contributed by atoms with E-state index in [-0.39, 0.29) is 71.0 Å². The number of carbonyl (C=O) groups is 4. The number of pyridine rings is 3. The molecule has 8 aromatic carbocycles. The van der Waals surface area contributed by atoms with E-state index in [1.165, 1.54) is 80.4 Å². The van der Waals surface area contributed by atoms with Crippen LogP contribution in [0.3, 0.4) is 0 Å². The number of aliphatic hydroxyl groups is 1. The summed E-state index contributed by atoms with van der Waals surface area (Å²) in [5.41, 5.74) is 7.95. The molecule has 116 heavy (non-hydrogen) atoms. The lowest BCUT2D eigenvalue weighted by molar-refractivity contribution is -0.0897. The molecule has 27 heteroatoms. The topological polar surface area (TPSA) is 335 Å². The number of carboxylic acids is 1. The minimum Gasteiger partial charge on any atom is -0.496 e. The Morgan fingerprint density at radius 3 is 1.05 bits per heavy atom. The normalized spacial score (nSPS) is 11.9. The first-order valence-electron chi connectivity index (χ1n) is 35.0. The van der Waals surface area contributed by atoms with Crippen LogP contribution in [0.4, 0.5) is 22.4 Å². The van der Waals surface area contributed by atoms with Gasteiger partial charge in [0.05, 0.1) is 136 Å². The summed E-state index contributed by atoms with van der Waals surface area (Å²) < 4.78 is 111. The predicted molar refractivity (Wildman–Crippen MR) is 417 cm³/mol. The summed E-state index contributed by atoms with van der Waals surface area (Å²) in [6.45, 7) is 7.30. The van der Waals surface area contributed by atoms with E-state index < -0.39 is 64.8 Å². The molecule has 0 bridgehead atoms. The number of rotatable bonds is 19. The third-order valence-electron chi connectivity index (χ3n) is 18.2. The predicted octanol–water partition coefficient (Wildman–Crippen LogP) is 17.2. The highest BCUT2D eigenvalue weighted by Crippen LogP contribution is 2.45. The number of nitriles is 4. The fourth-order valence-electron chi connectivity index (χ4n) is 11.4. The fraction of sp³-hybridized carbons (Fsp3) is 0.202. The maximum atomic E-state index is 15.3. The summed E-state index contributed by atoms with van der Waals surface area (Å²) >= 11 is 0. The number of ether oxygens (including phenoxy) is 10. The molecular formula is C89H77F4N7O16. The van der Waals surface area contributed by atoms with Crippen LogP contribution in [-0.4, -0.2) is 110 Å². The Morgan fingerprint density at radius 2 is 0.750 bits per heavy atom. The number of hydrogen-bond donors (Lipinski definition) is 2. The Kier molecular flexibility index (Phi) is 30.6. The van der Waals surface area contributed by atoms with Crippen molar-refractivity contribution >= 4 is 24.1 Å². The molecule has 1 fully saturated rings. The lowest BCUT2D eigenvalue weighted by Crippen LogP contribution is -2.41. The van der Waals surface area contributed by atoms with Crippen LogP contribution in [0.5, 0.6) is 23.0 Å². The zero-order chi connectivity index (χ0) is 84.4. The molecule has 0 radical (unpaired) electrons. The van der Waals surface area contributed by atoms with Gasteiger partial charge in [-0.1, -0.05) is 78.9 Å².